The van der Waals surface area contributed by atoms with E-state index in [2.05, 4.69) is 37.1 Å². The van der Waals surface area contributed by atoms with Gasteiger partial charge < -0.3 is 4.74 Å². The van der Waals surface area contributed by atoms with Gasteiger partial charge in [0.2, 0.25) is 0 Å². The molecular formula is C11H12OS2. The lowest BCUT2D eigenvalue weighted by Crippen LogP contribution is -1.88. The number of thiol groups is 1. The molecule has 0 spiro atoms. The van der Waals surface area contributed by atoms with Gasteiger partial charge in [-0.05, 0) is 29.5 Å². The van der Waals surface area contributed by atoms with E-state index in [1.54, 1.807) is 18.4 Å². The summed E-state index contributed by atoms with van der Waals surface area (Å²) >= 11 is 6.27. The van der Waals surface area contributed by atoms with Crippen LogP contribution in [0.5, 0.6) is 5.75 Å². The number of ether oxygens (including phenoxy) is 1. The molecule has 0 fully saturated rings. The molecular weight excluding hydrogens is 212 g/mol. The first kappa shape index (κ1) is 9.87. The van der Waals surface area contributed by atoms with Crippen molar-refractivity contribution in [1.82, 2.24) is 0 Å². The number of rotatable bonds is 2. The van der Waals surface area contributed by atoms with Gasteiger partial charge in [0.05, 0.1) is 11.8 Å². The number of hydrogen-bond acceptors (Lipinski definition) is 3. The maximum atomic E-state index is 5.36. The third kappa shape index (κ3) is 1.41. The summed E-state index contributed by atoms with van der Waals surface area (Å²) in [5.41, 5.74) is 1.25. The van der Waals surface area contributed by atoms with Gasteiger partial charge in [-0.3, -0.25) is 0 Å². The lowest BCUT2D eigenvalue weighted by molar-refractivity contribution is 0.419. The lowest BCUT2D eigenvalue weighted by atomic mass is 10.1. The summed E-state index contributed by atoms with van der Waals surface area (Å²) in [5, 5.41) is 3.24. The summed E-state index contributed by atoms with van der Waals surface area (Å²) in [7, 11) is 1.71. The predicted molar refractivity (Wildman–Crippen MR) is 65.0 cm³/mol. The molecule has 3 heteroatoms. The van der Waals surface area contributed by atoms with Crippen molar-refractivity contribution in [2.75, 3.05) is 7.11 Å². The average Bonchev–Trinajstić information content (AvgIpc) is 2.68. The molecule has 1 aromatic carbocycles. The fraction of sp³-hybridized carbons (Fsp3) is 0.273. The molecule has 0 aliphatic heterocycles. The van der Waals surface area contributed by atoms with Gasteiger partial charge >= 0.3 is 0 Å². The van der Waals surface area contributed by atoms with Crippen LogP contribution < -0.4 is 4.74 Å². The average molecular weight is 224 g/mol. The molecule has 74 valence electrons. The normalized spacial score (nSPS) is 10.8. The molecule has 0 radical (unpaired) electrons. The molecule has 0 saturated carbocycles. The maximum absolute atomic E-state index is 5.36. The Morgan fingerprint density at radius 1 is 1.50 bits per heavy atom. The second kappa shape index (κ2) is 3.83. The van der Waals surface area contributed by atoms with E-state index in [0.717, 1.165) is 17.1 Å². The van der Waals surface area contributed by atoms with Gasteiger partial charge in [-0.25, -0.2) is 0 Å². The Kier molecular flexibility index (Phi) is 2.70. The quantitative estimate of drug-likeness (QED) is 0.764. The molecule has 1 heterocycles. The Labute approximate surface area is 93.1 Å². The van der Waals surface area contributed by atoms with E-state index in [0.29, 0.717) is 0 Å². The van der Waals surface area contributed by atoms with Crippen LogP contribution >= 0.6 is 24.0 Å². The van der Waals surface area contributed by atoms with Crippen LogP contribution in [-0.4, -0.2) is 7.11 Å². The van der Waals surface area contributed by atoms with E-state index in [9.17, 15) is 0 Å². The predicted octanol–water partition coefficient (Wildman–Crippen LogP) is 3.76. The van der Waals surface area contributed by atoms with Crippen LogP contribution in [0.15, 0.2) is 22.4 Å². The minimum Gasteiger partial charge on any atom is -0.496 e. The van der Waals surface area contributed by atoms with Gasteiger partial charge in [0, 0.05) is 10.3 Å². The number of fused-ring (bicyclic) bond motifs is 1. The van der Waals surface area contributed by atoms with Crippen molar-refractivity contribution in [2.45, 2.75) is 18.2 Å². The van der Waals surface area contributed by atoms with Crippen molar-refractivity contribution in [3.05, 3.63) is 23.1 Å². The Hall–Kier alpha value is -0.670. The van der Waals surface area contributed by atoms with E-state index >= 15 is 0 Å². The first-order valence-electron chi connectivity index (χ1n) is 4.54. The van der Waals surface area contributed by atoms with Crippen LogP contribution in [0.3, 0.4) is 0 Å². The highest BCUT2D eigenvalue weighted by Gasteiger charge is 2.09. The molecule has 0 aliphatic rings. The fourth-order valence-electron chi connectivity index (χ4n) is 1.58. The number of benzene rings is 1. The van der Waals surface area contributed by atoms with Gasteiger partial charge in [0.25, 0.3) is 0 Å². The Balaban J connectivity index is 2.80. The zero-order chi connectivity index (χ0) is 10.1. The van der Waals surface area contributed by atoms with Crippen molar-refractivity contribution in [1.29, 1.82) is 0 Å². The summed E-state index contributed by atoms with van der Waals surface area (Å²) in [5.74, 6) is 0.955. The molecule has 0 saturated heterocycles. The van der Waals surface area contributed by atoms with E-state index < -0.39 is 0 Å². The summed E-state index contributed by atoms with van der Waals surface area (Å²) in [6, 6.07) is 4.16. The second-order valence-electron chi connectivity index (χ2n) is 3.10. The smallest absolute Gasteiger partial charge is 0.127 e. The molecule has 0 atom stereocenters. The Morgan fingerprint density at radius 3 is 2.93 bits per heavy atom. The monoisotopic (exact) mass is 224 g/mol. The van der Waals surface area contributed by atoms with Crippen molar-refractivity contribution < 1.29 is 4.74 Å². The zero-order valence-electron chi connectivity index (χ0n) is 8.20. The highest BCUT2D eigenvalue weighted by atomic mass is 32.1. The minimum absolute atomic E-state index is 0.955. The number of thiophene rings is 1. The number of methoxy groups -OCH3 is 1. The van der Waals surface area contributed by atoms with Crippen LogP contribution in [0, 0.1) is 0 Å². The van der Waals surface area contributed by atoms with Gasteiger partial charge in [0.15, 0.2) is 0 Å². The van der Waals surface area contributed by atoms with Crippen molar-refractivity contribution in [3.8, 4) is 5.75 Å². The van der Waals surface area contributed by atoms with E-state index in [1.165, 1.54) is 15.6 Å². The summed E-state index contributed by atoms with van der Waals surface area (Å²) in [4.78, 5) is 1.10. The third-order valence-corrected chi connectivity index (χ3v) is 3.95. The number of hydrogen-bond donors (Lipinski definition) is 1. The highest BCUT2D eigenvalue weighted by molar-refractivity contribution is 7.80. The molecule has 14 heavy (non-hydrogen) atoms. The summed E-state index contributed by atoms with van der Waals surface area (Å²) in [6.07, 6.45) is 0.989. The fourth-order valence-corrected chi connectivity index (χ4v) is 2.96. The van der Waals surface area contributed by atoms with Gasteiger partial charge in [-0.2, -0.15) is 0 Å². The van der Waals surface area contributed by atoms with Gasteiger partial charge in [-0.15, -0.1) is 24.0 Å². The molecule has 0 N–H and O–H groups in total. The Bertz CT molecular complexity index is 460. The first-order valence-corrected chi connectivity index (χ1v) is 5.86. The van der Waals surface area contributed by atoms with Crippen LogP contribution in [-0.2, 0) is 6.42 Å². The molecule has 1 aromatic heterocycles. The standard InChI is InChI=1S/C11H12OS2/c1-3-7-6-9(12-2)8-4-5-14-11(8)10(7)13/h4-6,13H,3H2,1-2H3. The molecule has 1 nitrogen and oxygen atoms in total. The minimum atomic E-state index is 0.955. The molecule has 0 bridgehead atoms. The van der Waals surface area contributed by atoms with Gasteiger partial charge in [-0.1, -0.05) is 6.92 Å². The van der Waals surface area contributed by atoms with Crippen LogP contribution in [0.25, 0.3) is 10.1 Å². The second-order valence-corrected chi connectivity index (χ2v) is 4.47. The summed E-state index contributed by atoms with van der Waals surface area (Å²) < 4.78 is 6.58. The lowest BCUT2D eigenvalue weighted by Gasteiger charge is -2.08. The van der Waals surface area contributed by atoms with E-state index in [-0.39, 0.29) is 0 Å². The maximum Gasteiger partial charge on any atom is 0.127 e. The molecule has 0 unspecified atom stereocenters. The molecule has 2 rings (SSSR count). The third-order valence-electron chi connectivity index (χ3n) is 2.36. The topological polar surface area (TPSA) is 9.23 Å². The van der Waals surface area contributed by atoms with Crippen molar-refractivity contribution in [2.24, 2.45) is 0 Å². The zero-order valence-corrected chi connectivity index (χ0v) is 9.91. The first-order chi connectivity index (χ1) is 6.77. The van der Waals surface area contributed by atoms with Gasteiger partial charge in [0.1, 0.15) is 5.75 Å². The number of aryl methyl sites for hydroxylation is 1. The van der Waals surface area contributed by atoms with Crippen LogP contribution in [0.4, 0.5) is 0 Å². The van der Waals surface area contributed by atoms with Crippen LogP contribution in [0.1, 0.15) is 12.5 Å². The van der Waals surface area contributed by atoms with Crippen molar-refractivity contribution >= 4 is 34.1 Å². The molecule has 0 amide bonds. The molecule has 2 aromatic rings. The Morgan fingerprint density at radius 2 is 2.29 bits per heavy atom. The summed E-state index contributed by atoms with van der Waals surface area (Å²) in [6.45, 7) is 2.13. The van der Waals surface area contributed by atoms with E-state index in [1.807, 2.05) is 0 Å². The highest BCUT2D eigenvalue weighted by Crippen LogP contribution is 2.37. The van der Waals surface area contributed by atoms with Crippen molar-refractivity contribution in [3.63, 3.8) is 0 Å². The SMILES string of the molecule is CCc1cc(OC)c2ccsc2c1S. The van der Waals surface area contributed by atoms with Crippen LogP contribution in [0.2, 0.25) is 0 Å². The van der Waals surface area contributed by atoms with E-state index in [4.69, 9.17) is 4.74 Å². The molecule has 0 aliphatic carbocycles. The largest absolute Gasteiger partial charge is 0.496 e.